The van der Waals surface area contributed by atoms with Gasteiger partial charge in [0.2, 0.25) is 0 Å². The predicted molar refractivity (Wildman–Crippen MR) is 122 cm³/mol. The lowest BCUT2D eigenvalue weighted by Gasteiger charge is -2.04. The number of nitrogens with one attached hydrogen (secondary N) is 1. The number of hydrogen-bond acceptors (Lipinski definition) is 3. The van der Waals surface area contributed by atoms with Gasteiger partial charge in [-0.05, 0) is 72.8 Å². The van der Waals surface area contributed by atoms with Crippen molar-refractivity contribution < 1.29 is 4.74 Å². The van der Waals surface area contributed by atoms with Crippen LogP contribution in [0.4, 0.5) is 0 Å². The fourth-order valence-corrected chi connectivity index (χ4v) is 3.76. The van der Waals surface area contributed by atoms with Crippen molar-refractivity contribution in [2.75, 3.05) is 13.7 Å². The summed E-state index contributed by atoms with van der Waals surface area (Å²) in [4.78, 5) is 8.02. The van der Waals surface area contributed by atoms with Gasteiger partial charge in [0, 0.05) is 22.5 Å². The van der Waals surface area contributed by atoms with Gasteiger partial charge in [-0.25, -0.2) is 4.98 Å². The van der Waals surface area contributed by atoms with E-state index in [-0.39, 0.29) is 0 Å². The number of nitrogens with two attached hydrogens (primary N) is 1. The molecule has 0 radical (unpaired) electrons. The Labute approximate surface area is 171 Å². The summed E-state index contributed by atoms with van der Waals surface area (Å²) in [7, 11) is 1.68. The van der Waals surface area contributed by atoms with Crippen molar-refractivity contribution in [2.45, 2.75) is 25.7 Å². The second-order valence-electron chi connectivity index (χ2n) is 7.33. The third kappa shape index (κ3) is 4.33. The van der Waals surface area contributed by atoms with Gasteiger partial charge in [0.25, 0.3) is 0 Å². The Bertz CT molecular complexity index is 1130. The monoisotopic (exact) mass is 385 g/mol. The normalized spacial score (nSPS) is 11.7. The number of unbranched alkanes of at least 4 members (excludes halogenated alkanes) is 2. The third-order valence-corrected chi connectivity index (χ3v) is 5.34. The number of aromatic nitrogens is 2. The molecular weight excluding hydrogens is 358 g/mol. The van der Waals surface area contributed by atoms with Crippen molar-refractivity contribution in [3.05, 3.63) is 71.4 Å². The predicted octanol–water partition coefficient (Wildman–Crippen LogP) is 5.57. The summed E-state index contributed by atoms with van der Waals surface area (Å²) in [5.74, 6) is 0.869. The van der Waals surface area contributed by atoms with Crippen molar-refractivity contribution in [3.8, 4) is 5.75 Å². The van der Waals surface area contributed by atoms with Crippen LogP contribution in [0.1, 0.15) is 36.0 Å². The van der Waals surface area contributed by atoms with Gasteiger partial charge in [0.1, 0.15) is 11.4 Å². The lowest BCUT2D eigenvalue weighted by Crippen LogP contribution is -1.98. The number of hydrogen-bond donors (Lipinski definition) is 2. The molecule has 0 unspecified atom stereocenters. The molecule has 148 valence electrons. The van der Waals surface area contributed by atoms with Gasteiger partial charge in [-0.2, -0.15) is 0 Å². The first kappa shape index (κ1) is 19.2. The zero-order chi connectivity index (χ0) is 20.1. The smallest absolute Gasteiger partial charge is 0.138 e. The van der Waals surface area contributed by atoms with Crippen molar-refractivity contribution in [3.63, 3.8) is 0 Å². The van der Waals surface area contributed by atoms with E-state index in [0.717, 1.165) is 48.3 Å². The summed E-state index contributed by atoms with van der Waals surface area (Å²) in [6.45, 7) is 0.767. The molecule has 3 N–H and O–H groups in total. The number of nitrogens with zero attached hydrogens (tertiary/aromatic N) is 1. The summed E-state index contributed by atoms with van der Waals surface area (Å²) < 4.78 is 5.23. The molecule has 4 nitrogen and oxygen atoms in total. The van der Waals surface area contributed by atoms with Crippen LogP contribution in [-0.2, 0) is 6.42 Å². The first-order valence-electron chi connectivity index (χ1n) is 10.2. The molecule has 0 amide bonds. The quantitative estimate of drug-likeness (QED) is 0.308. The molecule has 0 bridgehead atoms. The number of rotatable bonds is 8. The van der Waals surface area contributed by atoms with Crippen LogP contribution in [0.2, 0.25) is 0 Å². The molecular formula is C25H27N3O. The largest absolute Gasteiger partial charge is 0.497 e. The van der Waals surface area contributed by atoms with Crippen molar-refractivity contribution >= 4 is 34.1 Å². The Kier molecular flexibility index (Phi) is 5.92. The van der Waals surface area contributed by atoms with Crippen LogP contribution in [0, 0.1) is 0 Å². The minimum atomic E-state index is 0.767. The Morgan fingerprint density at radius 2 is 1.76 bits per heavy atom. The number of benzene rings is 2. The van der Waals surface area contributed by atoms with E-state index in [2.05, 4.69) is 58.5 Å². The second-order valence-corrected chi connectivity index (χ2v) is 7.33. The fraction of sp³-hybridized carbons (Fsp3) is 0.240. The minimum absolute atomic E-state index is 0.767. The molecule has 4 rings (SSSR count). The van der Waals surface area contributed by atoms with E-state index in [4.69, 9.17) is 10.5 Å². The van der Waals surface area contributed by atoms with Crippen LogP contribution < -0.4 is 10.5 Å². The summed E-state index contributed by atoms with van der Waals surface area (Å²) in [6.07, 6.45) is 10.6. The summed E-state index contributed by atoms with van der Waals surface area (Å²) in [5, 5.41) is 2.48. The van der Waals surface area contributed by atoms with Crippen molar-refractivity contribution in [1.29, 1.82) is 0 Å². The van der Waals surface area contributed by atoms with Crippen molar-refractivity contribution in [1.82, 2.24) is 9.97 Å². The number of pyridine rings is 1. The van der Waals surface area contributed by atoms with Crippen molar-refractivity contribution in [2.24, 2.45) is 5.73 Å². The Balaban J connectivity index is 1.64. The van der Waals surface area contributed by atoms with Gasteiger partial charge in [-0.1, -0.05) is 36.8 Å². The number of aryl methyl sites for hydroxylation is 1. The highest BCUT2D eigenvalue weighted by Crippen LogP contribution is 2.29. The lowest BCUT2D eigenvalue weighted by molar-refractivity contribution is 0.415. The van der Waals surface area contributed by atoms with Crippen LogP contribution in [0.5, 0.6) is 5.75 Å². The Hall–Kier alpha value is -3.11. The molecule has 0 aliphatic rings. The van der Waals surface area contributed by atoms with Crippen LogP contribution in [-0.4, -0.2) is 23.6 Å². The van der Waals surface area contributed by atoms with E-state index in [1.54, 1.807) is 7.11 Å². The molecule has 0 saturated carbocycles. The topological polar surface area (TPSA) is 63.9 Å². The summed E-state index contributed by atoms with van der Waals surface area (Å²) >= 11 is 0. The van der Waals surface area contributed by atoms with Gasteiger partial charge in [0.15, 0.2) is 0 Å². The van der Waals surface area contributed by atoms with Gasteiger partial charge in [-0.3, -0.25) is 0 Å². The molecule has 0 aliphatic carbocycles. The average Bonchev–Trinajstić information content (AvgIpc) is 3.14. The number of aromatic amines is 1. The average molecular weight is 386 g/mol. The first-order valence-corrected chi connectivity index (χ1v) is 10.2. The first-order chi connectivity index (χ1) is 14.3. The number of H-pyrrole nitrogens is 1. The molecule has 2 heterocycles. The fourth-order valence-electron chi connectivity index (χ4n) is 3.76. The van der Waals surface area contributed by atoms with E-state index in [1.807, 2.05) is 18.3 Å². The van der Waals surface area contributed by atoms with Crippen LogP contribution >= 0.6 is 0 Å². The Morgan fingerprint density at radius 1 is 0.966 bits per heavy atom. The molecule has 0 saturated heterocycles. The van der Waals surface area contributed by atoms with Gasteiger partial charge < -0.3 is 15.5 Å². The Morgan fingerprint density at radius 3 is 2.55 bits per heavy atom. The zero-order valence-corrected chi connectivity index (χ0v) is 16.8. The molecule has 2 aromatic heterocycles. The highest BCUT2D eigenvalue weighted by molar-refractivity contribution is 6.08. The zero-order valence-electron chi connectivity index (χ0n) is 16.8. The lowest BCUT2D eigenvalue weighted by atomic mass is 10.0. The summed E-state index contributed by atoms with van der Waals surface area (Å²) in [6, 6.07) is 16.8. The van der Waals surface area contributed by atoms with Crippen LogP contribution in [0.25, 0.3) is 34.1 Å². The molecule has 4 heteroatoms. The van der Waals surface area contributed by atoms with E-state index < -0.39 is 0 Å². The SMILES string of the molecule is COc1ccc(C=Cc2ccc3[nH]c4nccc(CCCCCN)c4c3c2)cc1. The van der Waals surface area contributed by atoms with E-state index in [1.165, 1.54) is 28.3 Å². The molecule has 0 atom stereocenters. The highest BCUT2D eigenvalue weighted by Gasteiger charge is 2.10. The molecule has 0 fully saturated rings. The second kappa shape index (κ2) is 8.93. The molecule has 0 aliphatic heterocycles. The van der Waals surface area contributed by atoms with Gasteiger partial charge >= 0.3 is 0 Å². The van der Waals surface area contributed by atoms with Crippen LogP contribution in [0.3, 0.4) is 0 Å². The minimum Gasteiger partial charge on any atom is -0.497 e. The van der Waals surface area contributed by atoms with Gasteiger partial charge in [-0.15, -0.1) is 0 Å². The van der Waals surface area contributed by atoms with E-state index in [0.29, 0.717) is 0 Å². The number of ether oxygens (including phenoxy) is 1. The number of methoxy groups -OCH3 is 1. The summed E-state index contributed by atoms with van der Waals surface area (Å²) in [5.41, 5.74) is 11.4. The highest BCUT2D eigenvalue weighted by atomic mass is 16.5. The maximum atomic E-state index is 5.63. The molecule has 0 spiro atoms. The molecule has 29 heavy (non-hydrogen) atoms. The van der Waals surface area contributed by atoms with E-state index >= 15 is 0 Å². The molecule has 2 aromatic carbocycles. The van der Waals surface area contributed by atoms with E-state index in [9.17, 15) is 0 Å². The maximum absolute atomic E-state index is 5.63. The van der Waals surface area contributed by atoms with Crippen LogP contribution in [0.15, 0.2) is 54.7 Å². The maximum Gasteiger partial charge on any atom is 0.138 e. The van der Waals surface area contributed by atoms with Gasteiger partial charge in [0.05, 0.1) is 7.11 Å². The molecule has 4 aromatic rings. The number of fused-ring (bicyclic) bond motifs is 3. The third-order valence-electron chi connectivity index (χ3n) is 5.34. The standard InChI is InChI=1S/C25H27N3O/c1-29-21-11-8-18(9-12-21)6-7-19-10-13-23-22(17-19)24-20(5-3-2-4-15-26)14-16-27-25(24)28-23/h6-14,16-17H,2-5,15,26H2,1H3,(H,27,28).